The van der Waals surface area contributed by atoms with Crippen molar-refractivity contribution in [1.29, 1.82) is 5.26 Å². The monoisotopic (exact) mass is 510 g/mol. The van der Waals surface area contributed by atoms with Crippen molar-refractivity contribution in [2.45, 2.75) is 44.8 Å². The summed E-state index contributed by atoms with van der Waals surface area (Å²) in [4.78, 5) is 9.11. The Morgan fingerprint density at radius 3 is 2.91 bits per heavy atom. The van der Waals surface area contributed by atoms with Crippen LogP contribution in [0.5, 0.6) is 0 Å². The molecule has 3 aromatic heterocycles. The smallest absolute Gasteiger partial charge is 0.224 e. The number of benzene rings is 1. The van der Waals surface area contributed by atoms with E-state index in [0.717, 1.165) is 28.8 Å². The first-order valence-electron chi connectivity index (χ1n) is 10.1. The summed E-state index contributed by atoms with van der Waals surface area (Å²) < 4.78 is 2.30. The zero-order chi connectivity index (χ0) is 22.5. The van der Waals surface area contributed by atoms with Crippen molar-refractivity contribution in [1.82, 2.24) is 29.9 Å². The second-order valence-electron chi connectivity index (χ2n) is 8.18. The third-order valence-electron chi connectivity index (χ3n) is 5.55. The van der Waals surface area contributed by atoms with Crippen LogP contribution < -0.4 is 5.32 Å². The highest BCUT2D eigenvalue weighted by atomic mass is 79.9. The number of aliphatic hydroxyl groups is 1. The molecule has 0 radical (unpaired) electrons. The lowest BCUT2D eigenvalue weighted by Gasteiger charge is -2.16. The van der Waals surface area contributed by atoms with Crippen molar-refractivity contribution in [2.75, 3.05) is 5.32 Å². The minimum Gasteiger partial charge on any atom is -0.390 e. The summed E-state index contributed by atoms with van der Waals surface area (Å²) in [6.07, 6.45) is 3.97. The maximum atomic E-state index is 10.2. The fraction of sp³-hybridized carbons (Fsp3) is 0.333. The van der Waals surface area contributed by atoms with Crippen molar-refractivity contribution >= 4 is 44.2 Å². The van der Waals surface area contributed by atoms with Crippen LogP contribution in [0.2, 0.25) is 0 Å². The highest BCUT2D eigenvalue weighted by molar-refractivity contribution is 9.10. The molecule has 9 nitrogen and oxygen atoms in total. The molecule has 1 aromatic carbocycles. The molecule has 32 heavy (non-hydrogen) atoms. The number of fused-ring (bicyclic) bond motifs is 1. The molecule has 4 aromatic rings. The average molecular weight is 511 g/mol. The third-order valence-corrected chi connectivity index (χ3v) is 7.01. The van der Waals surface area contributed by atoms with E-state index in [0.29, 0.717) is 38.9 Å². The molecule has 0 amide bonds. The summed E-state index contributed by atoms with van der Waals surface area (Å²) >= 11 is 4.93. The second-order valence-corrected chi connectivity index (χ2v) is 10.1. The van der Waals surface area contributed by atoms with Crippen molar-refractivity contribution in [3.63, 3.8) is 0 Å². The van der Waals surface area contributed by atoms with Gasteiger partial charge in [-0.1, -0.05) is 11.3 Å². The van der Waals surface area contributed by atoms with Crippen molar-refractivity contribution in [3.05, 3.63) is 39.6 Å². The van der Waals surface area contributed by atoms with E-state index in [1.165, 1.54) is 11.3 Å². The van der Waals surface area contributed by atoms with Crippen LogP contribution in [0.4, 0.5) is 5.95 Å². The molecule has 0 unspecified atom stereocenters. The molecule has 1 aliphatic carbocycles. The molecule has 0 spiro atoms. The van der Waals surface area contributed by atoms with Crippen molar-refractivity contribution < 1.29 is 5.11 Å². The van der Waals surface area contributed by atoms with Gasteiger partial charge in [-0.05, 0) is 67.2 Å². The summed E-state index contributed by atoms with van der Waals surface area (Å²) in [6.45, 7) is 3.73. The predicted octanol–water partition coefficient (Wildman–Crippen LogP) is 3.99. The third kappa shape index (κ3) is 3.85. The van der Waals surface area contributed by atoms with E-state index in [9.17, 15) is 10.4 Å². The van der Waals surface area contributed by atoms with Crippen LogP contribution in [-0.4, -0.2) is 46.7 Å². The molecule has 1 saturated carbocycles. The minimum absolute atomic E-state index is 0.113. The molecule has 5 rings (SSSR count). The highest BCUT2D eigenvalue weighted by Crippen LogP contribution is 2.32. The van der Waals surface area contributed by atoms with Crippen LogP contribution in [-0.2, 0) is 0 Å². The SMILES string of the molecule is Cc1nnc(-c2ccc(-n3nc(Br)c4cnc(N[C@@H]5CC[C@@](C)(O)C5)nc43)cc2C#N)s1. The van der Waals surface area contributed by atoms with Gasteiger partial charge in [0.25, 0.3) is 0 Å². The Hall–Kier alpha value is -2.94. The topological polar surface area (TPSA) is 125 Å². The van der Waals surface area contributed by atoms with Gasteiger partial charge in [0.05, 0.1) is 28.3 Å². The van der Waals surface area contributed by atoms with Crippen molar-refractivity contribution in [3.8, 4) is 22.3 Å². The number of halogens is 1. The van der Waals surface area contributed by atoms with Gasteiger partial charge in [-0.2, -0.15) is 15.3 Å². The van der Waals surface area contributed by atoms with Gasteiger partial charge in [0.2, 0.25) is 5.95 Å². The number of aromatic nitrogens is 6. The lowest BCUT2D eigenvalue weighted by Crippen LogP contribution is -2.24. The van der Waals surface area contributed by atoms with Crippen LogP contribution in [0.15, 0.2) is 29.0 Å². The van der Waals surface area contributed by atoms with Crippen LogP contribution in [0, 0.1) is 18.3 Å². The Kier molecular flexibility index (Phi) is 5.16. The molecule has 11 heteroatoms. The van der Waals surface area contributed by atoms with Gasteiger partial charge >= 0.3 is 0 Å². The van der Waals surface area contributed by atoms with E-state index in [1.54, 1.807) is 16.9 Å². The zero-order valence-electron chi connectivity index (χ0n) is 17.4. The number of nitriles is 1. The summed E-state index contributed by atoms with van der Waals surface area (Å²) in [5, 5.41) is 38.4. The molecule has 2 N–H and O–H groups in total. The lowest BCUT2D eigenvalue weighted by atomic mass is 10.1. The molecule has 1 aliphatic rings. The molecular formula is C21H19BrN8OS. The number of hydrogen-bond acceptors (Lipinski definition) is 9. The molecule has 0 aliphatic heterocycles. The van der Waals surface area contributed by atoms with Gasteiger partial charge in [-0.25, -0.2) is 9.67 Å². The van der Waals surface area contributed by atoms with E-state index in [2.05, 4.69) is 52.6 Å². The molecular weight excluding hydrogens is 492 g/mol. The molecule has 0 saturated heterocycles. The number of nitrogens with one attached hydrogen (secondary N) is 1. The maximum Gasteiger partial charge on any atom is 0.224 e. The Morgan fingerprint density at radius 2 is 2.22 bits per heavy atom. The predicted molar refractivity (Wildman–Crippen MR) is 125 cm³/mol. The number of hydrogen-bond donors (Lipinski definition) is 2. The number of aryl methyl sites for hydroxylation is 1. The Bertz CT molecular complexity index is 1370. The Morgan fingerprint density at radius 1 is 1.38 bits per heavy atom. The van der Waals surface area contributed by atoms with Gasteiger partial charge < -0.3 is 10.4 Å². The zero-order valence-corrected chi connectivity index (χ0v) is 19.8. The fourth-order valence-corrected chi connectivity index (χ4v) is 5.16. The van der Waals surface area contributed by atoms with Crippen molar-refractivity contribution in [2.24, 2.45) is 0 Å². The first-order valence-corrected chi connectivity index (χ1v) is 11.7. The van der Waals surface area contributed by atoms with Crippen LogP contribution in [0.3, 0.4) is 0 Å². The minimum atomic E-state index is -0.659. The molecule has 162 valence electrons. The maximum absolute atomic E-state index is 10.2. The summed E-state index contributed by atoms with van der Waals surface area (Å²) in [5.41, 5.74) is 1.88. The highest BCUT2D eigenvalue weighted by Gasteiger charge is 2.33. The van der Waals surface area contributed by atoms with Crippen LogP contribution in [0.1, 0.15) is 36.8 Å². The summed E-state index contributed by atoms with van der Waals surface area (Å²) in [6, 6.07) is 7.88. The van der Waals surface area contributed by atoms with Gasteiger partial charge in [-0.3, -0.25) is 0 Å². The summed E-state index contributed by atoms with van der Waals surface area (Å²) in [5.74, 6) is 0.482. The average Bonchev–Trinajstić information content (AvgIpc) is 3.44. The Labute approximate surface area is 196 Å². The Balaban J connectivity index is 1.53. The van der Waals surface area contributed by atoms with E-state index in [4.69, 9.17) is 0 Å². The van der Waals surface area contributed by atoms with E-state index >= 15 is 0 Å². The molecule has 2 atom stereocenters. The number of anilines is 1. The van der Waals surface area contributed by atoms with Gasteiger partial charge in [-0.15, -0.1) is 10.2 Å². The van der Waals surface area contributed by atoms with Gasteiger partial charge in [0.1, 0.15) is 14.6 Å². The quantitative estimate of drug-likeness (QED) is 0.421. The number of nitrogens with zero attached hydrogens (tertiary/aromatic N) is 7. The summed E-state index contributed by atoms with van der Waals surface area (Å²) in [7, 11) is 0. The molecule has 3 heterocycles. The van der Waals surface area contributed by atoms with Gasteiger partial charge in [0.15, 0.2) is 5.65 Å². The second kappa shape index (κ2) is 7.88. The normalized spacial score (nSPS) is 20.5. The van der Waals surface area contributed by atoms with Crippen LogP contribution >= 0.6 is 27.3 Å². The molecule has 0 bridgehead atoms. The lowest BCUT2D eigenvalue weighted by molar-refractivity contribution is 0.0673. The first-order chi connectivity index (χ1) is 15.3. The largest absolute Gasteiger partial charge is 0.390 e. The van der Waals surface area contributed by atoms with E-state index in [-0.39, 0.29) is 6.04 Å². The first kappa shape index (κ1) is 20.9. The van der Waals surface area contributed by atoms with Crippen LogP contribution in [0.25, 0.3) is 27.3 Å². The fourth-order valence-electron chi connectivity index (χ4n) is 3.99. The molecule has 1 fully saturated rings. The van der Waals surface area contributed by atoms with Gasteiger partial charge in [0, 0.05) is 17.8 Å². The van der Waals surface area contributed by atoms with E-state index < -0.39 is 5.60 Å². The standard InChI is InChI=1S/C21H19BrN8OS/c1-11-27-28-19(32-11)15-4-3-14(7-12(15)9-23)30-18-16(17(22)29-30)10-24-20(26-18)25-13-5-6-21(2,31)8-13/h3-4,7,10,13,31H,5-6,8H2,1-2H3,(H,24,25,26)/t13-,21-/m1/s1. The van der Waals surface area contributed by atoms with E-state index in [1.807, 2.05) is 26.0 Å². The number of rotatable bonds is 4.